The molecule has 23 heavy (non-hydrogen) atoms. The van der Waals surface area contributed by atoms with Gasteiger partial charge in [-0.3, -0.25) is 14.5 Å². The van der Waals surface area contributed by atoms with Crippen LogP contribution in [0.4, 0.5) is 0 Å². The zero-order valence-corrected chi connectivity index (χ0v) is 13.9. The number of nitrogens with one attached hydrogen (secondary N) is 1. The van der Waals surface area contributed by atoms with Crippen molar-refractivity contribution in [2.45, 2.75) is 19.9 Å². The lowest BCUT2D eigenvalue weighted by Crippen LogP contribution is -2.48. The minimum absolute atomic E-state index is 0.0508. The molecule has 126 valence electrons. The first-order valence-electron chi connectivity index (χ1n) is 7.96. The minimum atomic E-state index is 0.0508. The summed E-state index contributed by atoms with van der Waals surface area (Å²) in [6.45, 7) is 6.05. The second-order valence-electron chi connectivity index (χ2n) is 5.72. The molecule has 1 aromatic rings. The summed E-state index contributed by atoms with van der Waals surface area (Å²) in [5, 5.41) is 2.93. The van der Waals surface area contributed by atoms with E-state index in [4.69, 9.17) is 4.74 Å². The van der Waals surface area contributed by atoms with Gasteiger partial charge in [0, 0.05) is 52.6 Å². The number of nitrogens with zero attached hydrogens (tertiary/aromatic N) is 2. The first-order chi connectivity index (χ1) is 11.1. The highest BCUT2D eigenvalue weighted by Crippen LogP contribution is 2.11. The number of benzene rings is 1. The van der Waals surface area contributed by atoms with Crippen molar-refractivity contribution in [3.63, 3.8) is 0 Å². The average Bonchev–Trinajstić information content (AvgIpc) is 2.59. The summed E-state index contributed by atoms with van der Waals surface area (Å²) < 4.78 is 5.11. The molecule has 1 aliphatic rings. The van der Waals surface area contributed by atoms with Crippen LogP contribution in [0.25, 0.3) is 0 Å². The highest BCUT2D eigenvalue weighted by atomic mass is 16.5. The van der Waals surface area contributed by atoms with Crippen LogP contribution in [0.1, 0.15) is 18.9 Å². The number of hydrogen-bond acceptors (Lipinski definition) is 4. The van der Waals surface area contributed by atoms with Gasteiger partial charge in [-0.2, -0.15) is 0 Å². The molecule has 1 aromatic carbocycles. The van der Waals surface area contributed by atoms with Crippen molar-refractivity contribution in [2.75, 3.05) is 39.8 Å². The molecule has 0 spiro atoms. The molecule has 0 aliphatic carbocycles. The Morgan fingerprint density at radius 2 is 1.78 bits per heavy atom. The molecule has 0 unspecified atom stereocenters. The van der Waals surface area contributed by atoms with E-state index >= 15 is 0 Å². The van der Waals surface area contributed by atoms with Crippen LogP contribution in [0.3, 0.4) is 0 Å². The van der Waals surface area contributed by atoms with E-state index in [1.165, 1.54) is 0 Å². The standard InChI is InChI=1S/C17H25N3O3/c1-14(21)20-11-9-19(10-12-20)8-7-17(22)18-13-15-3-5-16(23-2)6-4-15/h3-6H,7-13H2,1-2H3,(H,18,22). The number of methoxy groups -OCH3 is 1. The fourth-order valence-corrected chi connectivity index (χ4v) is 2.58. The first kappa shape index (κ1) is 17.3. The van der Waals surface area contributed by atoms with Crippen molar-refractivity contribution in [3.8, 4) is 5.75 Å². The van der Waals surface area contributed by atoms with Gasteiger partial charge in [-0.1, -0.05) is 12.1 Å². The highest BCUT2D eigenvalue weighted by molar-refractivity contribution is 5.76. The van der Waals surface area contributed by atoms with Crippen LogP contribution in [0.2, 0.25) is 0 Å². The van der Waals surface area contributed by atoms with E-state index in [-0.39, 0.29) is 11.8 Å². The largest absolute Gasteiger partial charge is 0.497 e. The number of amides is 2. The molecule has 1 aliphatic heterocycles. The Morgan fingerprint density at radius 3 is 2.35 bits per heavy atom. The number of piperazine rings is 1. The van der Waals surface area contributed by atoms with Crippen molar-refractivity contribution in [1.82, 2.24) is 15.1 Å². The molecule has 0 atom stereocenters. The molecule has 0 radical (unpaired) electrons. The SMILES string of the molecule is COc1ccc(CNC(=O)CCN2CCN(C(C)=O)CC2)cc1. The monoisotopic (exact) mass is 319 g/mol. The normalized spacial score (nSPS) is 15.3. The van der Waals surface area contributed by atoms with Gasteiger partial charge < -0.3 is 15.0 Å². The number of carbonyl (C=O) groups is 2. The van der Waals surface area contributed by atoms with Gasteiger partial charge in [0.15, 0.2) is 0 Å². The van der Waals surface area contributed by atoms with Gasteiger partial charge in [-0.25, -0.2) is 0 Å². The average molecular weight is 319 g/mol. The third-order valence-corrected chi connectivity index (χ3v) is 4.12. The Hall–Kier alpha value is -2.08. The van der Waals surface area contributed by atoms with Crippen LogP contribution in [0.5, 0.6) is 5.75 Å². The summed E-state index contributed by atoms with van der Waals surface area (Å²) in [7, 11) is 1.63. The number of hydrogen-bond donors (Lipinski definition) is 1. The van der Waals surface area contributed by atoms with Gasteiger partial charge >= 0.3 is 0 Å². The van der Waals surface area contributed by atoms with E-state index in [0.29, 0.717) is 13.0 Å². The molecule has 2 rings (SSSR count). The van der Waals surface area contributed by atoms with Gasteiger partial charge in [0.05, 0.1) is 7.11 Å². The molecular formula is C17H25N3O3. The molecule has 0 aromatic heterocycles. The zero-order valence-electron chi connectivity index (χ0n) is 13.9. The van der Waals surface area contributed by atoms with Crippen LogP contribution in [-0.2, 0) is 16.1 Å². The molecule has 0 bridgehead atoms. The summed E-state index contributed by atoms with van der Waals surface area (Å²) in [6.07, 6.45) is 0.482. The second kappa shape index (κ2) is 8.53. The van der Waals surface area contributed by atoms with Gasteiger partial charge in [0.2, 0.25) is 11.8 Å². The molecule has 1 saturated heterocycles. The lowest BCUT2D eigenvalue weighted by Gasteiger charge is -2.34. The quantitative estimate of drug-likeness (QED) is 0.845. The summed E-state index contributed by atoms with van der Waals surface area (Å²) in [5.74, 6) is 0.987. The molecule has 1 N–H and O–H groups in total. The van der Waals surface area contributed by atoms with Crippen molar-refractivity contribution in [1.29, 1.82) is 0 Å². The smallest absolute Gasteiger partial charge is 0.221 e. The predicted molar refractivity (Wildman–Crippen MR) is 88.2 cm³/mol. The van der Waals surface area contributed by atoms with E-state index in [0.717, 1.165) is 44.0 Å². The Kier molecular flexibility index (Phi) is 6.40. The minimum Gasteiger partial charge on any atom is -0.497 e. The third-order valence-electron chi connectivity index (χ3n) is 4.12. The summed E-state index contributed by atoms with van der Waals surface area (Å²) in [5.41, 5.74) is 1.05. The van der Waals surface area contributed by atoms with E-state index in [9.17, 15) is 9.59 Å². The van der Waals surface area contributed by atoms with Crippen LogP contribution >= 0.6 is 0 Å². The Labute approximate surface area is 137 Å². The maximum atomic E-state index is 11.9. The lowest BCUT2D eigenvalue weighted by atomic mass is 10.2. The van der Waals surface area contributed by atoms with E-state index in [1.807, 2.05) is 29.2 Å². The number of rotatable bonds is 6. The number of carbonyl (C=O) groups excluding carboxylic acids is 2. The van der Waals surface area contributed by atoms with Crippen molar-refractivity contribution in [3.05, 3.63) is 29.8 Å². The predicted octanol–water partition coefficient (Wildman–Crippen LogP) is 0.866. The van der Waals surface area contributed by atoms with Gasteiger partial charge in [0.25, 0.3) is 0 Å². The highest BCUT2D eigenvalue weighted by Gasteiger charge is 2.18. The van der Waals surface area contributed by atoms with Crippen LogP contribution in [0.15, 0.2) is 24.3 Å². The van der Waals surface area contributed by atoms with Gasteiger partial charge in [-0.15, -0.1) is 0 Å². The molecule has 6 heteroatoms. The molecule has 1 fully saturated rings. The number of ether oxygens (including phenoxy) is 1. The van der Waals surface area contributed by atoms with Crippen molar-refractivity contribution < 1.29 is 14.3 Å². The van der Waals surface area contributed by atoms with Crippen molar-refractivity contribution in [2.24, 2.45) is 0 Å². The Morgan fingerprint density at radius 1 is 1.13 bits per heavy atom. The van der Waals surface area contributed by atoms with E-state index in [1.54, 1.807) is 14.0 Å². The summed E-state index contributed by atoms with van der Waals surface area (Å²) in [4.78, 5) is 27.3. The maximum Gasteiger partial charge on any atom is 0.221 e. The molecule has 2 amide bonds. The summed E-state index contributed by atoms with van der Waals surface area (Å²) >= 11 is 0. The lowest BCUT2D eigenvalue weighted by molar-refractivity contribution is -0.131. The first-order valence-corrected chi connectivity index (χ1v) is 7.96. The third kappa shape index (κ3) is 5.56. The molecule has 1 heterocycles. The fraction of sp³-hybridized carbons (Fsp3) is 0.529. The topological polar surface area (TPSA) is 61.9 Å². The molecule has 0 saturated carbocycles. The van der Waals surface area contributed by atoms with E-state index < -0.39 is 0 Å². The molecular weight excluding hydrogens is 294 g/mol. The zero-order chi connectivity index (χ0) is 16.7. The van der Waals surface area contributed by atoms with Gasteiger partial charge in [-0.05, 0) is 17.7 Å². The Balaban J connectivity index is 1.64. The molecule has 6 nitrogen and oxygen atoms in total. The van der Waals surface area contributed by atoms with Crippen LogP contribution < -0.4 is 10.1 Å². The van der Waals surface area contributed by atoms with Crippen LogP contribution in [-0.4, -0.2) is 61.4 Å². The second-order valence-corrected chi connectivity index (χ2v) is 5.72. The fourth-order valence-electron chi connectivity index (χ4n) is 2.58. The Bertz CT molecular complexity index is 522. The van der Waals surface area contributed by atoms with Crippen LogP contribution in [0, 0.1) is 0 Å². The van der Waals surface area contributed by atoms with Gasteiger partial charge in [0.1, 0.15) is 5.75 Å². The van der Waals surface area contributed by atoms with E-state index in [2.05, 4.69) is 10.2 Å². The maximum absolute atomic E-state index is 11.9. The summed E-state index contributed by atoms with van der Waals surface area (Å²) in [6, 6.07) is 7.66. The van der Waals surface area contributed by atoms with Crippen molar-refractivity contribution >= 4 is 11.8 Å².